The van der Waals surface area contributed by atoms with E-state index in [1.165, 1.54) is 10.4 Å². The molecule has 2 heterocycles. The van der Waals surface area contributed by atoms with Gasteiger partial charge in [-0.2, -0.15) is 5.10 Å². The largest absolute Gasteiger partial charge is 0.322 e. The standard InChI is InChI=1S/C34H32N4O2S/c1-21-12-16-28(17-13-21)36-33(40)31-29-10-6-7-11-30(29)41-34(31)38-22(2)18-27(23(38)3)20-35-37-32(39)26-15-14-24-8-4-5-9-25(24)19-26/h4-5,8-9,12-20H,6-7,10-11H2,1-3H3,(H,36,40)(H,37,39). The Kier molecular flexibility index (Phi) is 7.28. The molecule has 2 amide bonds. The molecule has 6 nitrogen and oxygen atoms in total. The fraction of sp³-hybridized carbons (Fsp3) is 0.206. The molecule has 0 saturated carbocycles. The van der Waals surface area contributed by atoms with Crippen molar-refractivity contribution >= 4 is 45.8 Å². The highest BCUT2D eigenvalue weighted by atomic mass is 32.1. The summed E-state index contributed by atoms with van der Waals surface area (Å²) in [5.74, 6) is -0.338. The molecule has 0 aliphatic heterocycles. The third-order valence-corrected chi connectivity index (χ3v) is 9.02. The second kappa shape index (κ2) is 11.2. The molecular formula is C34H32N4O2S. The topological polar surface area (TPSA) is 75.5 Å². The highest BCUT2D eigenvalue weighted by Crippen LogP contribution is 2.39. The molecule has 0 bridgehead atoms. The summed E-state index contributed by atoms with van der Waals surface area (Å²) in [6.45, 7) is 6.10. The van der Waals surface area contributed by atoms with Crippen LogP contribution in [0.5, 0.6) is 0 Å². The number of hydrogen-bond donors (Lipinski definition) is 2. The average Bonchev–Trinajstić information content (AvgIpc) is 3.49. The summed E-state index contributed by atoms with van der Waals surface area (Å²) in [6.07, 6.45) is 5.82. The Balaban J connectivity index is 1.28. The highest BCUT2D eigenvalue weighted by Gasteiger charge is 2.28. The van der Waals surface area contributed by atoms with E-state index >= 15 is 0 Å². The lowest BCUT2D eigenvalue weighted by Crippen LogP contribution is -2.17. The van der Waals surface area contributed by atoms with Gasteiger partial charge in [-0.05, 0) is 93.1 Å². The molecule has 0 atom stereocenters. The number of anilines is 1. The summed E-state index contributed by atoms with van der Waals surface area (Å²) in [5.41, 5.74) is 9.96. The minimum Gasteiger partial charge on any atom is -0.322 e. The van der Waals surface area contributed by atoms with Crippen molar-refractivity contribution < 1.29 is 9.59 Å². The molecule has 6 rings (SSSR count). The molecule has 2 N–H and O–H groups in total. The average molecular weight is 561 g/mol. The van der Waals surface area contributed by atoms with E-state index in [1.807, 2.05) is 87.5 Å². The van der Waals surface area contributed by atoms with Crippen LogP contribution in [-0.2, 0) is 12.8 Å². The molecule has 1 aliphatic carbocycles. The maximum absolute atomic E-state index is 13.7. The predicted octanol–water partition coefficient (Wildman–Crippen LogP) is 7.51. The van der Waals surface area contributed by atoms with Crippen molar-refractivity contribution in [2.75, 3.05) is 5.32 Å². The van der Waals surface area contributed by atoms with Crippen LogP contribution in [0.2, 0.25) is 0 Å². The summed E-state index contributed by atoms with van der Waals surface area (Å²) >= 11 is 1.71. The van der Waals surface area contributed by atoms with Crippen LogP contribution in [-0.4, -0.2) is 22.6 Å². The lowest BCUT2D eigenvalue weighted by atomic mass is 9.95. The number of aryl methyl sites for hydroxylation is 3. The number of fused-ring (bicyclic) bond motifs is 2. The van der Waals surface area contributed by atoms with E-state index in [1.54, 1.807) is 23.6 Å². The first kappa shape index (κ1) is 26.7. The number of amides is 2. The zero-order valence-corrected chi connectivity index (χ0v) is 24.3. The molecule has 5 aromatic rings. The van der Waals surface area contributed by atoms with E-state index < -0.39 is 0 Å². The summed E-state index contributed by atoms with van der Waals surface area (Å²) in [5, 5.41) is 10.4. The Morgan fingerprint density at radius 1 is 0.878 bits per heavy atom. The van der Waals surface area contributed by atoms with Gasteiger partial charge in [0.05, 0.1) is 11.8 Å². The highest BCUT2D eigenvalue weighted by molar-refractivity contribution is 7.15. The van der Waals surface area contributed by atoms with Gasteiger partial charge in [-0.25, -0.2) is 5.43 Å². The molecule has 0 spiro atoms. The van der Waals surface area contributed by atoms with Crippen molar-refractivity contribution in [2.45, 2.75) is 46.5 Å². The quantitative estimate of drug-likeness (QED) is 0.167. The number of aromatic nitrogens is 1. The van der Waals surface area contributed by atoms with Crippen molar-refractivity contribution in [1.29, 1.82) is 0 Å². The molecule has 0 fully saturated rings. The maximum atomic E-state index is 13.7. The first-order valence-corrected chi connectivity index (χ1v) is 14.7. The van der Waals surface area contributed by atoms with Crippen molar-refractivity contribution in [1.82, 2.24) is 9.99 Å². The van der Waals surface area contributed by atoms with Crippen LogP contribution < -0.4 is 10.7 Å². The maximum Gasteiger partial charge on any atom is 0.271 e. The monoisotopic (exact) mass is 560 g/mol. The Morgan fingerprint density at radius 2 is 1.63 bits per heavy atom. The van der Waals surface area contributed by atoms with Crippen LogP contribution in [0, 0.1) is 20.8 Å². The molecule has 7 heteroatoms. The van der Waals surface area contributed by atoms with Crippen LogP contribution in [0.25, 0.3) is 15.8 Å². The van der Waals surface area contributed by atoms with Gasteiger partial charge in [-0.3, -0.25) is 9.59 Å². The first-order valence-electron chi connectivity index (χ1n) is 13.9. The van der Waals surface area contributed by atoms with Crippen molar-refractivity contribution in [3.63, 3.8) is 0 Å². The van der Waals surface area contributed by atoms with Crippen LogP contribution in [0.15, 0.2) is 77.9 Å². The number of benzene rings is 3. The van der Waals surface area contributed by atoms with Gasteiger partial charge >= 0.3 is 0 Å². The summed E-state index contributed by atoms with van der Waals surface area (Å²) < 4.78 is 2.15. The number of carbonyl (C=O) groups excluding carboxylic acids is 2. The zero-order valence-electron chi connectivity index (χ0n) is 23.5. The number of hydrogen-bond acceptors (Lipinski definition) is 4. The van der Waals surface area contributed by atoms with Gasteiger partial charge in [0.25, 0.3) is 11.8 Å². The SMILES string of the molecule is Cc1ccc(NC(=O)c2c(-n3c(C)cc(C=NNC(=O)c4ccc5ccccc5c4)c3C)sc3c2CCCC3)cc1. The third kappa shape index (κ3) is 5.33. The molecule has 1 aliphatic rings. The van der Waals surface area contributed by atoms with E-state index in [0.29, 0.717) is 5.56 Å². The lowest BCUT2D eigenvalue weighted by Gasteiger charge is -2.14. The Morgan fingerprint density at radius 3 is 2.44 bits per heavy atom. The van der Waals surface area contributed by atoms with E-state index in [0.717, 1.165) is 75.2 Å². The smallest absolute Gasteiger partial charge is 0.271 e. The van der Waals surface area contributed by atoms with E-state index in [9.17, 15) is 9.59 Å². The first-order chi connectivity index (χ1) is 19.9. The molecule has 206 valence electrons. The van der Waals surface area contributed by atoms with Crippen molar-refractivity contribution in [3.05, 3.63) is 117 Å². The molecule has 3 aromatic carbocycles. The van der Waals surface area contributed by atoms with Crippen molar-refractivity contribution in [3.8, 4) is 5.00 Å². The summed E-state index contributed by atoms with van der Waals surface area (Å²) in [6, 6.07) is 23.5. The molecule has 41 heavy (non-hydrogen) atoms. The van der Waals surface area contributed by atoms with E-state index in [2.05, 4.69) is 20.4 Å². The number of nitrogens with zero attached hydrogens (tertiary/aromatic N) is 2. The summed E-state index contributed by atoms with van der Waals surface area (Å²) in [4.78, 5) is 27.8. The minimum atomic E-state index is -0.262. The third-order valence-electron chi connectivity index (χ3n) is 7.74. The van der Waals surface area contributed by atoms with Crippen LogP contribution in [0.4, 0.5) is 5.69 Å². The van der Waals surface area contributed by atoms with Crippen LogP contribution in [0.3, 0.4) is 0 Å². The fourth-order valence-electron chi connectivity index (χ4n) is 5.56. The number of hydrazone groups is 1. The van der Waals surface area contributed by atoms with Crippen LogP contribution in [0.1, 0.15) is 66.5 Å². The fourth-order valence-corrected chi connectivity index (χ4v) is 7.06. The molecule has 0 saturated heterocycles. The van der Waals surface area contributed by atoms with Gasteiger partial charge in [0.1, 0.15) is 5.00 Å². The number of carbonyl (C=O) groups is 2. The van der Waals surface area contributed by atoms with Crippen molar-refractivity contribution in [2.24, 2.45) is 5.10 Å². The Labute approximate surface area is 243 Å². The molecular weight excluding hydrogens is 528 g/mol. The normalized spacial score (nSPS) is 13.0. The zero-order chi connectivity index (χ0) is 28.5. The van der Waals surface area contributed by atoms with Gasteiger partial charge in [0.2, 0.25) is 0 Å². The van der Waals surface area contributed by atoms with Crippen LogP contribution >= 0.6 is 11.3 Å². The number of rotatable bonds is 6. The van der Waals surface area contributed by atoms with Gasteiger partial charge in [-0.1, -0.05) is 48.0 Å². The Hall–Kier alpha value is -4.49. The van der Waals surface area contributed by atoms with E-state index in [4.69, 9.17) is 0 Å². The van der Waals surface area contributed by atoms with Gasteiger partial charge in [0.15, 0.2) is 0 Å². The molecule has 2 aromatic heterocycles. The lowest BCUT2D eigenvalue weighted by molar-refractivity contribution is 0.0954. The second-order valence-electron chi connectivity index (χ2n) is 10.6. The van der Waals surface area contributed by atoms with Gasteiger partial charge in [0, 0.05) is 33.1 Å². The second-order valence-corrected chi connectivity index (χ2v) is 11.7. The number of nitrogens with one attached hydrogen (secondary N) is 2. The number of thiophene rings is 1. The van der Waals surface area contributed by atoms with Gasteiger partial charge < -0.3 is 9.88 Å². The molecule has 0 radical (unpaired) electrons. The minimum absolute atomic E-state index is 0.0754. The summed E-state index contributed by atoms with van der Waals surface area (Å²) in [7, 11) is 0. The van der Waals surface area contributed by atoms with Gasteiger partial charge in [-0.15, -0.1) is 11.3 Å². The predicted molar refractivity (Wildman–Crippen MR) is 168 cm³/mol. The Bertz CT molecular complexity index is 1810. The van der Waals surface area contributed by atoms with E-state index in [-0.39, 0.29) is 11.8 Å². The molecule has 0 unspecified atom stereocenters.